The van der Waals surface area contributed by atoms with Crippen LogP contribution in [0.4, 0.5) is 0 Å². The molecule has 0 saturated heterocycles. The topological polar surface area (TPSA) is 29.5 Å². The van der Waals surface area contributed by atoms with Crippen LogP contribution in [0.2, 0.25) is 0 Å². The van der Waals surface area contributed by atoms with Gasteiger partial charge in [-0.15, -0.1) is 12.4 Å². The highest BCUT2D eigenvalue weighted by atomic mass is 35.5. The van der Waals surface area contributed by atoms with Crippen molar-refractivity contribution in [2.45, 2.75) is 26.2 Å². The van der Waals surface area contributed by atoms with Crippen molar-refractivity contribution in [3.63, 3.8) is 0 Å². The maximum atomic E-state index is 12.7. The number of hydrogen-bond acceptors (Lipinski definition) is 3. The van der Waals surface area contributed by atoms with Gasteiger partial charge in [-0.05, 0) is 30.6 Å². The molecule has 0 radical (unpaired) electrons. The van der Waals surface area contributed by atoms with Crippen LogP contribution in [0, 0.1) is 0 Å². The van der Waals surface area contributed by atoms with Gasteiger partial charge < -0.3 is 9.64 Å². The summed E-state index contributed by atoms with van der Waals surface area (Å²) in [4.78, 5) is 15.0. The van der Waals surface area contributed by atoms with E-state index < -0.39 is 0 Å². The fraction of sp³-hybridized carbons (Fsp3) is 0.381. The zero-order chi connectivity index (χ0) is 17.2. The van der Waals surface area contributed by atoms with E-state index >= 15 is 0 Å². The van der Waals surface area contributed by atoms with E-state index in [0.717, 1.165) is 37.2 Å². The second kappa shape index (κ2) is 11.7. The minimum atomic E-state index is -0.360. The molecule has 0 aliphatic carbocycles. The Balaban J connectivity index is 0.00000312. The zero-order valence-electron chi connectivity index (χ0n) is 15.1. The summed E-state index contributed by atoms with van der Waals surface area (Å²) in [6.45, 7) is 7.78. The van der Waals surface area contributed by atoms with Gasteiger partial charge >= 0.3 is 5.97 Å². The molecule has 0 spiro atoms. The SMILES string of the molecule is CCN(CC)CCCOC(=O)C(c1ccccc1)c1ccccc1.Cl. The number of esters is 1. The van der Waals surface area contributed by atoms with Crippen LogP contribution in [0.1, 0.15) is 37.3 Å². The van der Waals surface area contributed by atoms with E-state index in [0.29, 0.717) is 6.61 Å². The van der Waals surface area contributed by atoms with Crippen molar-refractivity contribution in [1.82, 2.24) is 4.90 Å². The van der Waals surface area contributed by atoms with Crippen LogP contribution in [0.3, 0.4) is 0 Å². The minimum Gasteiger partial charge on any atom is -0.465 e. The standard InChI is InChI=1S/C21H27NO2.ClH/c1-3-22(4-2)16-11-17-24-21(23)20(18-12-7-5-8-13-18)19-14-9-6-10-15-19;/h5-10,12-15,20H,3-4,11,16-17H2,1-2H3;1H. The lowest BCUT2D eigenvalue weighted by Crippen LogP contribution is -2.25. The first-order valence-corrected chi connectivity index (χ1v) is 8.75. The Kier molecular flexibility index (Phi) is 9.90. The second-order valence-corrected chi connectivity index (χ2v) is 5.80. The highest BCUT2D eigenvalue weighted by Crippen LogP contribution is 2.25. The quantitative estimate of drug-likeness (QED) is 0.486. The van der Waals surface area contributed by atoms with Crippen molar-refractivity contribution in [3.8, 4) is 0 Å². The van der Waals surface area contributed by atoms with Gasteiger partial charge in [0.2, 0.25) is 0 Å². The highest BCUT2D eigenvalue weighted by molar-refractivity contribution is 5.85. The average molecular weight is 362 g/mol. The first kappa shape index (κ1) is 21.2. The number of hydrogen-bond donors (Lipinski definition) is 0. The lowest BCUT2D eigenvalue weighted by molar-refractivity contribution is -0.144. The number of benzene rings is 2. The highest BCUT2D eigenvalue weighted by Gasteiger charge is 2.23. The molecule has 2 aromatic carbocycles. The van der Waals surface area contributed by atoms with Gasteiger partial charge in [0.1, 0.15) is 5.92 Å². The van der Waals surface area contributed by atoms with Gasteiger partial charge in [0.05, 0.1) is 6.61 Å². The van der Waals surface area contributed by atoms with Gasteiger partial charge in [0, 0.05) is 6.54 Å². The van der Waals surface area contributed by atoms with Crippen LogP contribution in [-0.4, -0.2) is 37.1 Å². The molecule has 25 heavy (non-hydrogen) atoms. The van der Waals surface area contributed by atoms with Crippen molar-refractivity contribution in [2.24, 2.45) is 0 Å². The fourth-order valence-electron chi connectivity index (χ4n) is 2.84. The third kappa shape index (κ3) is 6.52. The fourth-order valence-corrected chi connectivity index (χ4v) is 2.84. The molecule has 0 amide bonds. The molecule has 4 heteroatoms. The first-order valence-electron chi connectivity index (χ1n) is 8.75. The number of carbonyl (C=O) groups is 1. The van der Waals surface area contributed by atoms with Crippen LogP contribution in [0.25, 0.3) is 0 Å². The smallest absolute Gasteiger partial charge is 0.317 e. The Morgan fingerprint density at radius 2 is 1.40 bits per heavy atom. The van der Waals surface area contributed by atoms with Gasteiger partial charge in [-0.3, -0.25) is 4.79 Å². The molecule has 0 saturated carbocycles. The number of nitrogens with zero attached hydrogens (tertiary/aromatic N) is 1. The van der Waals surface area contributed by atoms with Crippen molar-refractivity contribution >= 4 is 18.4 Å². The van der Waals surface area contributed by atoms with Gasteiger partial charge in [0.15, 0.2) is 0 Å². The molecule has 0 unspecified atom stereocenters. The summed E-state index contributed by atoms with van der Waals surface area (Å²) in [6.07, 6.45) is 0.865. The summed E-state index contributed by atoms with van der Waals surface area (Å²) in [7, 11) is 0. The lowest BCUT2D eigenvalue weighted by atomic mass is 9.91. The molecule has 0 N–H and O–H groups in total. The third-order valence-electron chi connectivity index (χ3n) is 4.26. The van der Waals surface area contributed by atoms with E-state index in [2.05, 4.69) is 18.7 Å². The van der Waals surface area contributed by atoms with Crippen molar-refractivity contribution in [2.75, 3.05) is 26.2 Å². The molecule has 136 valence electrons. The first-order chi connectivity index (χ1) is 11.8. The van der Waals surface area contributed by atoms with E-state index in [1.807, 2.05) is 60.7 Å². The Labute approximate surface area is 157 Å². The maximum absolute atomic E-state index is 12.7. The molecule has 3 nitrogen and oxygen atoms in total. The van der Waals surface area contributed by atoms with Gasteiger partial charge in [0.25, 0.3) is 0 Å². The number of halogens is 1. The second-order valence-electron chi connectivity index (χ2n) is 5.80. The summed E-state index contributed by atoms with van der Waals surface area (Å²) in [5.41, 5.74) is 1.94. The van der Waals surface area contributed by atoms with Crippen LogP contribution in [0.5, 0.6) is 0 Å². The Morgan fingerprint density at radius 1 is 0.920 bits per heavy atom. The van der Waals surface area contributed by atoms with E-state index in [1.165, 1.54) is 0 Å². The van der Waals surface area contributed by atoms with E-state index in [1.54, 1.807) is 0 Å². The Hall–Kier alpha value is -1.84. The molecular formula is C21H28ClNO2. The van der Waals surface area contributed by atoms with Crippen LogP contribution < -0.4 is 0 Å². The molecule has 0 aromatic heterocycles. The summed E-state index contributed by atoms with van der Waals surface area (Å²) in [5, 5.41) is 0. The zero-order valence-corrected chi connectivity index (χ0v) is 15.9. The molecule has 0 aliphatic heterocycles. The minimum absolute atomic E-state index is 0. The number of carbonyl (C=O) groups excluding carboxylic acids is 1. The monoisotopic (exact) mass is 361 g/mol. The van der Waals surface area contributed by atoms with E-state index in [4.69, 9.17) is 4.74 Å². The molecule has 0 bridgehead atoms. The van der Waals surface area contributed by atoms with E-state index in [-0.39, 0.29) is 24.3 Å². The van der Waals surface area contributed by atoms with Crippen molar-refractivity contribution in [3.05, 3.63) is 71.8 Å². The molecular weight excluding hydrogens is 334 g/mol. The average Bonchev–Trinajstić information content (AvgIpc) is 2.64. The molecule has 0 aliphatic rings. The largest absolute Gasteiger partial charge is 0.465 e. The van der Waals surface area contributed by atoms with Gasteiger partial charge in [-0.2, -0.15) is 0 Å². The predicted octanol–water partition coefficient (Wildman–Crippen LogP) is 4.52. The normalized spacial score (nSPS) is 10.6. The summed E-state index contributed by atoms with van der Waals surface area (Å²) < 4.78 is 5.59. The predicted molar refractivity (Wildman–Crippen MR) is 105 cm³/mol. The Bertz CT molecular complexity index is 560. The Morgan fingerprint density at radius 3 is 1.84 bits per heavy atom. The van der Waals surface area contributed by atoms with Crippen LogP contribution in [-0.2, 0) is 9.53 Å². The number of ether oxygens (including phenoxy) is 1. The summed E-state index contributed by atoms with van der Waals surface area (Å²) in [5.74, 6) is -0.534. The van der Waals surface area contributed by atoms with Gasteiger partial charge in [-0.25, -0.2) is 0 Å². The van der Waals surface area contributed by atoms with Crippen LogP contribution in [0.15, 0.2) is 60.7 Å². The van der Waals surface area contributed by atoms with Gasteiger partial charge in [-0.1, -0.05) is 74.5 Å². The third-order valence-corrected chi connectivity index (χ3v) is 4.26. The van der Waals surface area contributed by atoms with Crippen molar-refractivity contribution < 1.29 is 9.53 Å². The molecule has 0 heterocycles. The summed E-state index contributed by atoms with van der Waals surface area (Å²) in [6, 6.07) is 19.7. The lowest BCUT2D eigenvalue weighted by Gasteiger charge is -2.19. The number of rotatable bonds is 9. The summed E-state index contributed by atoms with van der Waals surface area (Å²) >= 11 is 0. The van der Waals surface area contributed by atoms with Crippen LogP contribution >= 0.6 is 12.4 Å². The molecule has 2 rings (SSSR count). The van der Waals surface area contributed by atoms with Crippen molar-refractivity contribution in [1.29, 1.82) is 0 Å². The molecule has 0 fully saturated rings. The van der Waals surface area contributed by atoms with E-state index in [9.17, 15) is 4.79 Å². The molecule has 0 atom stereocenters. The molecule has 2 aromatic rings. The maximum Gasteiger partial charge on any atom is 0.317 e.